The SMILES string of the molecule is C.C.CC(C)c1noc(N2CCC(COc3cnc(N4CCCCC4)cn3)CC2)n1.CC(C)c1noc(N2CCC(COc3cnc(N4CCCCC4)cn3)CC2)n1.Cl.N#CN1CCC(COc2ccc(N3CCCCC3)nc2)CC1.c1nc(N2CCCCC2)cnc1OCC1CCNCC1. The van der Waals surface area contributed by atoms with Crippen molar-refractivity contribution < 1.29 is 28.0 Å². The fourth-order valence-electron chi connectivity index (χ4n) is 13.6. The van der Waals surface area contributed by atoms with E-state index in [1.807, 2.05) is 35.8 Å². The van der Waals surface area contributed by atoms with Crippen molar-refractivity contribution in [2.45, 2.75) is 183 Å². The first-order valence-electron chi connectivity index (χ1n) is 37.1. The van der Waals surface area contributed by atoms with Crippen molar-refractivity contribution >= 4 is 47.7 Å². The predicted octanol–water partition coefficient (Wildman–Crippen LogP) is 12.7. The van der Waals surface area contributed by atoms with E-state index in [4.69, 9.17) is 33.3 Å². The Morgan fingerprint density at radius 2 is 0.743 bits per heavy atom. The van der Waals surface area contributed by atoms with Gasteiger partial charge in [-0.1, -0.05) is 52.9 Å². The maximum Gasteiger partial charge on any atom is 0.324 e. The Balaban J connectivity index is 0.000000171. The maximum absolute atomic E-state index is 8.85. The first-order chi connectivity index (χ1) is 48.1. The number of hydrogen-bond donors (Lipinski definition) is 1. The lowest BCUT2D eigenvalue weighted by molar-refractivity contribution is 0.175. The Hall–Kier alpha value is -7.79. The minimum atomic E-state index is 0. The molecule has 0 aliphatic carbocycles. The zero-order valence-corrected chi connectivity index (χ0v) is 60.1. The average molecular weight is 1420 g/mol. The minimum absolute atomic E-state index is 0. The number of piperidine rings is 8. The van der Waals surface area contributed by atoms with Gasteiger partial charge in [-0.15, -0.1) is 12.4 Å². The van der Waals surface area contributed by atoms with Crippen molar-refractivity contribution in [1.29, 1.82) is 5.26 Å². The normalized spacial score (nSPS) is 18.8. The monoisotopic (exact) mass is 1420 g/mol. The summed E-state index contributed by atoms with van der Waals surface area (Å²) in [5.41, 5.74) is 0. The molecular formula is C74H117ClN20O6. The molecule has 0 radical (unpaired) electrons. The zero-order valence-electron chi connectivity index (χ0n) is 59.3. The fraction of sp³-hybridized carbons (Fsp3) is 0.703. The number of likely N-dealkylation sites (tertiary alicyclic amines) is 1. The number of ether oxygens (including phenoxy) is 4. The van der Waals surface area contributed by atoms with Crippen LogP contribution in [0.25, 0.3) is 0 Å². The third-order valence-electron chi connectivity index (χ3n) is 20.1. The molecule has 101 heavy (non-hydrogen) atoms. The molecule has 0 bridgehead atoms. The van der Waals surface area contributed by atoms with Gasteiger partial charge in [0, 0.05) is 103 Å². The topological polar surface area (TPSA) is 263 Å². The highest BCUT2D eigenvalue weighted by Gasteiger charge is 2.28. The van der Waals surface area contributed by atoms with Crippen molar-refractivity contribution in [3.63, 3.8) is 0 Å². The van der Waals surface area contributed by atoms with Gasteiger partial charge < -0.3 is 67.6 Å². The molecule has 6 aromatic rings. The van der Waals surface area contributed by atoms with Crippen LogP contribution in [0.2, 0.25) is 0 Å². The average Bonchev–Trinajstić information content (AvgIpc) is 1.80. The summed E-state index contributed by atoms with van der Waals surface area (Å²) in [6, 6.07) is 5.38. The molecule has 8 saturated heterocycles. The molecule has 26 nitrogen and oxygen atoms in total. The molecule has 8 aliphatic rings. The van der Waals surface area contributed by atoms with Crippen LogP contribution in [0.4, 0.5) is 35.3 Å². The van der Waals surface area contributed by atoms with Gasteiger partial charge in [0.25, 0.3) is 0 Å². The second kappa shape index (κ2) is 42.0. The fourth-order valence-corrected chi connectivity index (χ4v) is 13.6. The van der Waals surface area contributed by atoms with Crippen LogP contribution in [-0.4, -0.2) is 191 Å². The molecule has 0 amide bonds. The number of rotatable bonds is 20. The molecule has 8 aliphatic heterocycles. The smallest absolute Gasteiger partial charge is 0.324 e. The van der Waals surface area contributed by atoms with Crippen molar-refractivity contribution in [3.05, 3.63) is 67.2 Å². The summed E-state index contributed by atoms with van der Waals surface area (Å²) in [7, 11) is 0. The summed E-state index contributed by atoms with van der Waals surface area (Å²) in [4.78, 5) is 55.8. The lowest BCUT2D eigenvalue weighted by Gasteiger charge is -2.30. The predicted molar refractivity (Wildman–Crippen MR) is 399 cm³/mol. The Bertz CT molecular complexity index is 3090. The van der Waals surface area contributed by atoms with Crippen LogP contribution in [0.1, 0.15) is 194 Å². The van der Waals surface area contributed by atoms with E-state index in [0.717, 1.165) is 197 Å². The van der Waals surface area contributed by atoms with Crippen LogP contribution in [0, 0.1) is 35.1 Å². The third kappa shape index (κ3) is 24.7. The lowest BCUT2D eigenvalue weighted by Crippen LogP contribution is -2.35. The molecule has 0 spiro atoms. The van der Waals surface area contributed by atoms with Crippen LogP contribution < -0.4 is 53.7 Å². The molecule has 1 N–H and O–H groups in total. The van der Waals surface area contributed by atoms with Gasteiger partial charge in [-0.3, -0.25) is 0 Å². The molecule has 556 valence electrons. The summed E-state index contributed by atoms with van der Waals surface area (Å²) in [6.45, 7) is 27.4. The minimum Gasteiger partial charge on any atom is -0.492 e. The molecule has 0 atom stereocenters. The summed E-state index contributed by atoms with van der Waals surface area (Å²) >= 11 is 0. The second-order valence-corrected chi connectivity index (χ2v) is 28.2. The molecule has 0 saturated carbocycles. The van der Waals surface area contributed by atoms with E-state index in [1.165, 1.54) is 89.9 Å². The maximum atomic E-state index is 8.85. The summed E-state index contributed by atoms with van der Waals surface area (Å²) < 4.78 is 34.3. The van der Waals surface area contributed by atoms with E-state index < -0.39 is 0 Å². The number of aromatic nitrogens is 11. The summed E-state index contributed by atoms with van der Waals surface area (Å²) in [5, 5.41) is 20.3. The van der Waals surface area contributed by atoms with E-state index >= 15 is 0 Å². The van der Waals surface area contributed by atoms with Crippen molar-refractivity contribution in [2.24, 2.45) is 23.7 Å². The van der Waals surface area contributed by atoms with E-state index in [9.17, 15) is 0 Å². The number of nitriles is 1. The highest BCUT2D eigenvalue weighted by atomic mass is 35.5. The largest absolute Gasteiger partial charge is 0.492 e. The van der Waals surface area contributed by atoms with Crippen molar-refractivity contribution in [3.8, 4) is 29.6 Å². The van der Waals surface area contributed by atoms with Gasteiger partial charge in [0.2, 0.25) is 17.6 Å². The number of anilines is 6. The Kier molecular flexibility index (Phi) is 32.8. The van der Waals surface area contributed by atoms with Crippen molar-refractivity contribution in [2.75, 3.05) is 161 Å². The Morgan fingerprint density at radius 3 is 1.06 bits per heavy atom. The van der Waals surface area contributed by atoms with Crippen LogP contribution >= 0.6 is 12.4 Å². The number of nitrogens with one attached hydrogen (secondary N) is 1. The van der Waals surface area contributed by atoms with Crippen molar-refractivity contribution in [1.82, 2.24) is 65.4 Å². The molecular weight excluding hydrogens is 1300 g/mol. The first kappa shape index (κ1) is 78.9. The van der Waals surface area contributed by atoms with Gasteiger partial charge in [-0.05, 0) is 177 Å². The second-order valence-electron chi connectivity index (χ2n) is 28.2. The zero-order chi connectivity index (χ0) is 67.5. The highest BCUT2D eigenvalue weighted by Crippen LogP contribution is 2.29. The molecule has 14 rings (SSSR count). The third-order valence-corrected chi connectivity index (χ3v) is 20.1. The molecule has 0 unspecified atom stereocenters. The number of pyridine rings is 1. The van der Waals surface area contributed by atoms with E-state index in [2.05, 4.69) is 130 Å². The molecule has 27 heteroatoms. The highest BCUT2D eigenvalue weighted by molar-refractivity contribution is 5.85. The van der Waals surface area contributed by atoms with Crippen LogP contribution in [0.5, 0.6) is 23.4 Å². The van der Waals surface area contributed by atoms with Gasteiger partial charge in [0.15, 0.2) is 17.8 Å². The summed E-state index contributed by atoms with van der Waals surface area (Å²) in [6.07, 6.45) is 38.8. The quantitative estimate of drug-likeness (QED) is 0.0696. The molecule has 0 aromatic carbocycles. The standard InChI is InChI=1S/2C20H30N6O2.C17H24N4O.C15H24N4O.2CH4.ClH/c2*1-15(2)19-23-20(28-24-19)26-10-6-16(7-11-26)14-27-18-13-21-17(12-22-18)25-8-4-3-5-9-25;18-14-20-10-6-15(7-11-20)13-22-16-4-5-17(19-12-16)21-8-2-1-3-9-21;1-2-8-19(9-3-1)14-10-18-15(11-17-14)20-12-13-4-6-16-7-5-13;;;/h2*12-13,15-16H,3-11,14H2,1-2H3;4-5,12,15H,1-3,6-11,13H2;10-11,13,16H,1-9,12H2;2*1H4;1H. The van der Waals surface area contributed by atoms with E-state index in [1.54, 1.807) is 18.6 Å². The number of nitrogens with zero attached hydrogens (tertiary/aromatic N) is 19. The summed E-state index contributed by atoms with van der Waals surface area (Å²) in [5.74, 6) is 11.0. The molecule has 14 heterocycles. The Labute approximate surface area is 607 Å². The molecule has 8 fully saturated rings. The number of halogens is 1. The molecule has 6 aromatic heterocycles. The van der Waals surface area contributed by atoms with Crippen LogP contribution in [0.3, 0.4) is 0 Å². The first-order valence-corrected chi connectivity index (χ1v) is 37.1. The Morgan fingerprint density at radius 1 is 0.406 bits per heavy atom. The van der Waals surface area contributed by atoms with Gasteiger partial charge >= 0.3 is 12.0 Å². The van der Waals surface area contributed by atoms with Crippen LogP contribution in [0.15, 0.2) is 64.6 Å². The van der Waals surface area contributed by atoms with E-state index in [0.29, 0.717) is 66.6 Å². The lowest BCUT2D eigenvalue weighted by atomic mass is 9.98. The van der Waals surface area contributed by atoms with Gasteiger partial charge in [0.05, 0.1) is 69.8 Å². The van der Waals surface area contributed by atoms with Crippen LogP contribution in [-0.2, 0) is 0 Å². The van der Waals surface area contributed by atoms with Gasteiger partial charge in [0.1, 0.15) is 29.0 Å². The van der Waals surface area contributed by atoms with Gasteiger partial charge in [-0.25, -0.2) is 34.9 Å². The van der Waals surface area contributed by atoms with Gasteiger partial charge in [-0.2, -0.15) is 15.2 Å². The van der Waals surface area contributed by atoms with E-state index in [-0.39, 0.29) is 39.1 Å². The number of hydrogen-bond acceptors (Lipinski definition) is 26.